The Kier molecular flexibility index (Phi) is 9.11. The lowest BCUT2D eigenvalue weighted by Gasteiger charge is -2.19. The maximum absolute atomic E-state index is 13.5. The van der Waals surface area contributed by atoms with E-state index in [4.69, 9.17) is 9.84 Å². The van der Waals surface area contributed by atoms with Gasteiger partial charge in [0.05, 0.1) is 29.5 Å². The Bertz CT molecular complexity index is 1080. The van der Waals surface area contributed by atoms with Gasteiger partial charge in [0.2, 0.25) is 0 Å². The number of aliphatic hydroxyl groups excluding tert-OH is 1. The summed E-state index contributed by atoms with van der Waals surface area (Å²) in [5, 5.41) is 20.5. The number of methoxy groups -OCH3 is 1. The highest BCUT2D eigenvalue weighted by molar-refractivity contribution is 7.25. The summed E-state index contributed by atoms with van der Waals surface area (Å²) >= 11 is 1.60. The van der Waals surface area contributed by atoms with E-state index in [1.54, 1.807) is 18.4 Å². The van der Waals surface area contributed by atoms with Gasteiger partial charge in [-0.3, -0.25) is 4.79 Å². The molecular weight excluding hydrogens is 424 g/mol. The molecule has 0 atom stereocenters. The second-order valence-electron chi connectivity index (χ2n) is 7.51. The van der Waals surface area contributed by atoms with E-state index in [1.165, 1.54) is 0 Å². The normalized spacial score (nSPS) is 11.4. The molecule has 3 rings (SSSR count). The van der Waals surface area contributed by atoms with Crippen LogP contribution >= 0.6 is 11.3 Å². The summed E-state index contributed by atoms with van der Waals surface area (Å²) in [4.78, 5) is 15.9. The van der Waals surface area contributed by atoms with E-state index >= 15 is 0 Å². The minimum atomic E-state index is 0.0313. The SMILES string of the molecule is CCN(CC)CCNc1ccc(NCCNCCO)c2sc3cc(OC)ccc3c(=O)c12. The number of nitrogens with one attached hydrogen (secondary N) is 3. The van der Waals surface area contributed by atoms with E-state index in [-0.39, 0.29) is 12.0 Å². The molecule has 3 aromatic rings. The van der Waals surface area contributed by atoms with Crippen LogP contribution < -0.4 is 26.1 Å². The summed E-state index contributed by atoms with van der Waals surface area (Å²) in [6, 6.07) is 9.65. The molecule has 0 saturated carbocycles. The third-order valence-electron chi connectivity index (χ3n) is 5.57. The van der Waals surface area contributed by atoms with Gasteiger partial charge in [0.15, 0.2) is 5.43 Å². The van der Waals surface area contributed by atoms with Gasteiger partial charge in [-0.15, -0.1) is 11.3 Å². The number of anilines is 2. The van der Waals surface area contributed by atoms with Crippen molar-refractivity contribution in [3.05, 3.63) is 40.6 Å². The fourth-order valence-electron chi connectivity index (χ4n) is 3.73. The van der Waals surface area contributed by atoms with Gasteiger partial charge in [-0.25, -0.2) is 0 Å². The van der Waals surface area contributed by atoms with Gasteiger partial charge < -0.3 is 30.7 Å². The molecule has 4 N–H and O–H groups in total. The summed E-state index contributed by atoms with van der Waals surface area (Å²) in [6.45, 7) is 10.1. The highest BCUT2D eigenvalue weighted by Gasteiger charge is 2.14. The minimum Gasteiger partial charge on any atom is -0.497 e. The second kappa shape index (κ2) is 12.0. The molecule has 1 aromatic heterocycles. The van der Waals surface area contributed by atoms with Crippen molar-refractivity contribution in [1.29, 1.82) is 0 Å². The molecule has 0 saturated heterocycles. The smallest absolute Gasteiger partial charge is 0.198 e. The Morgan fingerprint density at radius 2 is 1.75 bits per heavy atom. The van der Waals surface area contributed by atoms with Gasteiger partial charge >= 0.3 is 0 Å². The zero-order chi connectivity index (χ0) is 22.9. The zero-order valence-corrected chi connectivity index (χ0v) is 20.0. The Hall–Kier alpha value is -2.39. The monoisotopic (exact) mass is 458 g/mol. The average molecular weight is 459 g/mol. The molecule has 0 fully saturated rings. The van der Waals surface area contributed by atoms with Crippen LogP contribution in [0.15, 0.2) is 35.1 Å². The number of rotatable bonds is 13. The molecule has 0 bridgehead atoms. The maximum Gasteiger partial charge on any atom is 0.198 e. The van der Waals surface area contributed by atoms with Crippen molar-refractivity contribution in [2.24, 2.45) is 0 Å². The largest absolute Gasteiger partial charge is 0.497 e. The van der Waals surface area contributed by atoms with E-state index in [2.05, 4.69) is 34.7 Å². The van der Waals surface area contributed by atoms with Gasteiger partial charge in [0.1, 0.15) is 5.75 Å². The molecule has 0 aliphatic rings. The van der Waals surface area contributed by atoms with Crippen LogP contribution in [0.25, 0.3) is 20.2 Å². The molecule has 2 aromatic carbocycles. The summed E-state index contributed by atoms with van der Waals surface area (Å²) in [6.07, 6.45) is 0. The number of benzene rings is 2. The molecule has 0 aliphatic carbocycles. The van der Waals surface area contributed by atoms with Crippen LogP contribution in [0.1, 0.15) is 13.8 Å². The standard InChI is InChI=1S/C24H34N4O3S/c1-4-28(5-2)14-12-27-19-8-9-20(26-11-10-25-13-15-29)24-22(19)23(30)18-7-6-17(31-3)16-21(18)32-24/h6-9,16,25-27,29H,4-5,10-15H2,1-3H3. The lowest BCUT2D eigenvalue weighted by atomic mass is 10.1. The van der Waals surface area contributed by atoms with Crippen molar-refractivity contribution in [3.63, 3.8) is 0 Å². The van der Waals surface area contributed by atoms with Gasteiger partial charge in [0, 0.05) is 48.5 Å². The molecule has 0 spiro atoms. The molecular formula is C24H34N4O3S. The first-order valence-electron chi connectivity index (χ1n) is 11.2. The fraction of sp³-hybridized carbons (Fsp3) is 0.458. The third kappa shape index (κ3) is 5.69. The molecule has 0 radical (unpaired) electrons. The summed E-state index contributed by atoms with van der Waals surface area (Å²) in [7, 11) is 1.63. The molecule has 0 unspecified atom stereocenters. The molecule has 8 heteroatoms. The van der Waals surface area contributed by atoms with E-state index in [0.29, 0.717) is 18.5 Å². The van der Waals surface area contributed by atoms with Crippen LogP contribution in [0.3, 0.4) is 0 Å². The molecule has 0 aliphatic heterocycles. The number of hydrogen-bond acceptors (Lipinski definition) is 8. The van der Waals surface area contributed by atoms with Gasteiger partial charge in [-0.2, -0.15) is 0 Å². The van der Waals surface area contributed by atoms with Crippen LogP contribution in [0.5, 0.6) is 5.75 Å². The van der Waals surface area contributed by atoms with Gasteiger partial charge in [-0.1, -0.05) is 13.8 Å². The van der Waals surface area contributed by atoms with Gasteiger partial charge in [-0.05, 0) is 43.4 Å². The van der Waals surface area contributed by atoms with Crippen molar-refractivity contribution in [1.82, 2.24) is 10.2 Å². The lowest BCUT2D eigenvalue weighted by Crippen LogP contribution is -2.28. The van der Waals surface area contributed by atoms with E-state index in [0.717, 1.165) is 64.6 Å². The Morgan fingerprint density at radius 3 is 2.47 bits per heavy atom. The topological polar surface area (TPSA) is 85.9 Å². The number of nitrogens with zero attached hydrogens (tertiary/aromatic N) is 1. The Labute approximate surface area is 193 Å². The highest BCUT2D eigenvalue weighted by Crippen LogP contribution is 2.35. The zero-order valence-electron chi connectivity index (χ0n) is 19.2. The average Bonchev–Trinajstić information content (AvgIpc) is 2.82. The first-order chi connectivity index (χ1) is 15.6. The van der Waals surface area contributed by atoms with Crippen molar-refractivity contribution in [2.75, 3.05) is 70.2 Å². The summed E-state index contributed by atoms with van der Waals surface area (Å²) < 4.78 is 7.21. The van der Waals surface area contributed by atoms with Crippen molar-refractivity contribution in [2.45, 2.75) is 13.8 Å². The van der Waals surface area contributed by atoms with Crippen molar-refractivity contribution in [3.8, 4) is 5.75 Å². The molecule has 7 nitrogen and oxygen atoms in total. The first kappa shape index (κ1) is 24.3. The van der Waals surface area contributed by atoms with Gasteiger partial charge in [0.25, 0.3) is 0 Å². The second-order valence-corrected chi connectivity index (χ2v) is 8.56. The molecule has 0 amide bonds. The summed E-state index contributed by atoms with van der Waals surface area (Å²) in [5.74, 6) is 0.740. The number of ether oxygens (including phenoxy) is 1. The lowest BCUT2D eigenvalue weighted by molar-refractivity contribution is 0.293. The van der Waals surface area contributed by atoms with E-state index < -0.39 is 0 Å². The van der Waals surface area contributed by atoms with E-state index in [1.807, 2.05) is 30.3 Å². The Morgan fingerprint density at radius 1 is 1.00 bits per heavy atom. The van der Waals surface area contributed by atoms with Crippen LogP contribution in [0.2, 0.25) is 0 Å². The van der Waals surface area contributed by atoms with E-state index in [9.17, 15) is 4.79 Å². The molecule has 32 heavy (non-hydrogen) atoms. The quantitative estimate of drug-likeness (QED) is 0.231. The predicted octanol–water partition coefficient (Wildman–Crippen LogP) is 3.17. The number of aliphatic hydroxyl groups is 1. The van der Waals surface area contributed by atoms with Crippen molar-refractivity contribution >= 4 is 42.9 Å². The molecule has 174 valence electrons. The van der Waals surface area contributed by atoms with Crippen LogP contribution in [0.4, 0.5) is 11.4 Å². The van der Waals surface area contributed by atoms with Crippen LogP contribution in [-0.4, -0.2) is 69.5 Å². The first-order valence-corrected chi connectivity index (χ1v) is 12.0. The highest BCUT2D eigenvalue weighted by atomic mass is 32.1. The van der Waals surface area contributed by atoms with Crippen LogP contribution in [0, 0.1) is 0 Å². The van der Waals surface area contributed by atoms with Crippen LogP contribution in [-0.2, 0) is 0 Å². The molecule has 1 heterocycles. The maximum atomic E-state index is 13.5. The number of likely N-dealkylation sites (N-methyl/N-ethyl adjacent to an activating group) is 1. The Balaban J connectivity index is 1.99. The number of hydrogen-bond donors (Lipinski definition) is 4. The number of fused-ring (bicyclic) bond motifs is 2. The summed E-state index contributed by atoms with van der Waals surface area (Å²) in [5.41, 5.74) is 1.84. The fourth-order valence-corrected chi connectivity index (χ4v) is 4.95. The minimum absolute atomic E-state index is 0.0313. The predicted molar refractivity (Wildman–Crippen MR) is 137 cm³/mol. The van der Waals surface area contributed by atoms with Crippen molar-refractivity contribution < 1.29 is 9.84 Å². The third-order valence-corrected chi connectivity index (χ3v) is 6.76.